The van der Waals surface area contributed by atoms with Crippen LogP contribution < -0.4 is 15.1 Å². The molecule has 2 aliphatic rings. The smallest absolute Gasteiger partial charge is 0.226 e. The first-order chi connectivity index (χ1) is 14.6. The van der Waals surface area contributed by atoms with Crippen LogP contribution >= 0.6 is 0 Å². The minimum absolute atomic E-state index is 0.223. The van der Waals surface area contributed by atoms with E-state index in [1.165, 1.54) is 0 Å². The normalized spacial score (nSPS) is 25.1. The summed E-state index contributed by atoms with van der Waals surface area (Å²) >= 11 is 0. The molecule has 2 fully saturated rings. The molecule has 0 saturated carbocycles. The number of hydrogen-bond donors (Lipinski definition) is 2. The highest BCUT2D eigenvalue weighted by Crippen LogP contribution is 2.28. The van der Waals surface area contributed by atoms with Crippen molar-refractivity contribution in [2.75, 3.05) is 42.6 Å². The summed E-state index contributed by atoms with van der Waals surface area (Å²) in [7, 11) is 0. The minimum atomic E-state index is 0.223. The summed E-state index contributed by atoms with van der Waals surface area (Å²) in [4.78, 5) is 18.7. The van der Waals surface area contributed by atoms with Gasteiger partial charge in [0.25, 0.3) is 0 Å². The Morgan fingerprint density at radius 2 is 1.90 bits per heavy atom. The highest BCUT2D eigenvalue weighted by Gasteiger charge is 2.27. The van der Waals surface area contributed by atoms with E-state index in [4.69, 9.17) is 14.7 Å². The van der Waals surface area contributed by atoms with Gasteiger partial charge in [-0.15, -0.1) is 0 Å². The number of ether oxygens (including phenoxy) is 1. The third-order valence-corrected chi connectivity index (χ3v) is 5.94. The summed E-state index contributed by atoms with van der Waals surface area (Å²) in [6, 6.07) is 4.78. The van der Waals surface area contributed by atoms with Crippen molar-refractivity contribution in [2.45, 2.75) is 39.0 Å². The van der Waals surface area contributed by atoms with E-state index in [9.17, 15) is 0 Å². The summed E-state index contributed by atoms with van der Waals surface area (Å²) in [5.74, 6) is 1.71. The zero-order valence-corrected chi connectivity index (χ0v) is 17.7. The predicted octanol–water partition coefficient (Wildman–Crippen LogP) is 1.83. The molecule has 0 aromatic carbocycles. The van der Waals surface area contributed by atoms with Crippen LogP contribution in [-0.2, 0) is 4.74 Å². The van der Waals surface area contributed by atoms with Gasteiger partial charge in [0.2, 0.25) is 5.95 Å². The van der Waals surface area contributed by atoms with Crippen molar-refractivity contribution >= 4 is 22.8 Å². The molecule has 9 nitrogen and oxygen atoms in total. The molecule has 2 aliphatic heterocycles. The second-order valence-corrected chi connectivity index (χ2v) is 8.30. The van der Waals surface area contributed by atoms with Crippen molar-refractivity contribution in [3.05, 3.63) is 24.5 Å². The van der Waals surface area contributed by atoms with Crippen LogP contribution in [-0.4, -0.2) is 76.1 Å². The first kappa shape index (κ1) is 19.2. The van der Waals surface area contributed by atoms with Crippen molar-refractivity contribution in [1.29, 1.82) is 0 Å². The molecule has 158 valence electrons. The lowest BCUT2D eigenvalue weighted by Gasteiger charge is -2.39. The van der Waals surface area contributed by atoms with Gasteiger partial charge in [0, 0.05) is 50.0 Å². The van der Waals surface area contributed by atoms with E-state index in [0.717, 1.165) is 66.8 Å². The fourth-order valence-electron chi connectivity index (χ4n) is 4.40. The molecule has 0 spiro atoms. The maximum Gasteiger partial charge on any atom is 0.226 e. The van der Waals surface area contributed by atoms with Crippen LogP contribution in [0.2, 0.25) is 0 Å². The van der Waals surface area contributed by atoms with Crippen LogP contribution in [0.1, 0.15) is 20.8 Å². The Hall–Kier alpha value is -2.78. The van der Waals surface area contributed by atoms with Crippen molar-refractivity contribution in [2.24, 2.45) is 0 Å². The van der Waals surface area contributed by atoms with Gasteiger partial charge < -0.3 is 19.9 Å². The van der Waals surface area contributed by atoms with Crippen LogP contribution in [0.3, 0.4) is 0 Å². The summed E-state index contributed by atoms with van der Waals surface area (Å²) in [6.45, 7) is 10.8. The molecule has 0 radical (unpaired) electrons. The molecule has 3 aromatic heterocycles. The zero-order chi connectivity index (χ0) is 20.7. The Morgan fingerprint density at radius 3 is 2.63 bits per heavy atom. The third-order valence-electron chi connectivity index (χ3n) is 5.94. The van der Waals surface area contributed by atoms with Crippen LogP contribution in [0.5, 0.6) is 0 Å². The molecule has 30 heavy (non-hydrogen) atoms. The van der Waals surface area contributed by atoms with E-state index in [0.29, 0.717) is 12.1 Å². The first-order valence-electron chi connectivity index (χ1n) is 10.6. The number of morpholine rings is 1. The summed E-state index contributed by atoms with van der Waals surface area (Å²) in [5.41, 5.74) is 3.40. The lowest BCUT2D eigenvalue weighted by atomic mass is 10.1. The van der Waals surface area contributed by atoms with Crippen LogP contribution in [0.25, 0.3) is 22.3 Å². The van der Waals surface area contributed by atoms with Gasteiger partial charge in [-0.25, -0.2) is 15.0 Å². The highest BCUT2D eigenvalue weighted by molar-refractivity contribution is 5.89. The number of fused-ring (bicyclic) bond motifs is 1. The van der Waals surface area contributed by atoms with Gasteiger partial charge in [0.05, 0.1) is 18.9 Å². The fraction of sp³-hybridized carbons (Fsp3) is 0.524. The number of aromatic nitrogens is 5. The monoisotopic (exact) mass is 408 g/mol. The number of hydrogen-bond acceptors (Lipinski definition) is 8. The average molecular weight is 409 g/mol. The molecule has 0 bridgehead atoms. The van der Waals surface area contributed by atoms with Crippen molar-refractivity contribution in [1.82, 2.24) is 30.5 Å². The first-order valence-corrected chi connectivity index (χ1v) is 10.6. The summed E-state index contributed by atoms with van der Waals surface area (Å²) in [5, 5.41) is 11.0. The molecule has 5 heterocycles. The number of piperazine rings is 1. The maximum absolute atomic E-state index is 5.63. The Morgan fingerprint density at radius 1 is 1.07 bits per heavy atom. The number of rotatable bonds is 3. The van der Waals surface area contributed by atoms with Gasteiger partial charge in [0.1, 0.15) is 22.5 Å². The predicted molar refractivity (Wildman–Crippen MR) is 117 cm³/mol. The number of nitrogens with zero attached hydrogens (tertiary/aromatic N) is 6. The Bertz CT molecular complexity index is 1010. The van der Waals surface area contributed by atoms with Gasteiger partial charge in [-0.05, 0) is 32.9 Å². The lowest BCUT2D eigenvalue weighted by Crippen LogP contribution is -2.55. The maximum atomic E-state index is 5.63. The Kier molecular flexibility index (Phi) is 5.00. The van der Waals surface area contributed by atoms with Gasteiger partial charge >= 0.3 is 0 Å². The summed E-state index contributed by atoms with van der Waals surface area (Å²) in [6.07, 6.45) is 3.93. The number of anilines is 2. The van der Waals surface area contributed by atoms with E-state index in [1.54, 1.807) is 0 Å². The second kappa shape index (κ2) is 7.81. The minimum Gasteiger partial charge on any atom is -0.375 e. The number of H-pyrrole nitrogens is 1. The topological polar surface area (TPSA) is 95.1 Å². The van der Waals surface area contributed by atoms with Gasteiger partial charge in [-0.3, -0.25) is 5.10 Å². The molecule has 3 aromatic rings. The van der Waals surface area contributed by atoms with Gasteiger partial charge in [-0.2, -0.15) is 5.10 Å². The van der Waals surface area contributed by atoms with Gasteiger partial charge in [0.15, 0.2) is 0 Å². The fourth-order valence-corrected chi connectivity index (χ4v) is 4.40. The third kappa shape index (κ3) is 3.48. The Labute approximate surface area is 175 Å². The van der Waals surface area contributed by atoms with Crippen molar-refractivity contribution in [3.8, 4) is 11.3 Å². The molecule has 0 aliphatic carbocycles. The Balaban J connectivity index is 1.46. The number of nitrogens with one attached hydrogen (secondary N) is 2. The quantitative estimate of drug-likeness (QED) is 0.678. The molecule has 9 heteroatoms. The molecule has 0 unspecified atom stereocenters. The average Bonchev–Trinajstić information content (AvgIpc) is 3.17. The molecule has 2 saturated heterocycles. The molecule has 3 atom stereocenters. The number of aromatic amines is 1. The number of pyridine rings is 1. The van der Waals surface area contributed by atoms with E-state index < -0.39 is 0 Å². The highest BCUT2D eigenvalue weighted by atomic mass is 16.5. The van der Waals surface area contributed by atoms with Crippen LogP contribution in [0.4, 0.5) is 11.8 Å². The van der Waals surface area contributed by atoms with E-state index in [2.05, 4.69) is 63.2 Å². The van der Waals surface area contributed by atoms with E-state index in [-0.39, 0.29) is 6.10 Å². The van der Waals surface area contributed by atoms with Crippen molar-refractivity contribution in [3.63, 3.8) is 0 Å². The second-order valence-electron chi connectivity index (χ2n) is 8.30. The zero-order valence-electron chi connectivity index (χ0n) is 17.7. The van der Waals surface area contributed by atoms with Gasteiger partial charge in [-0.1, -0.05) is 0 Å². The lowest BCUT2D eigenvalue weighted by molar-refractivity contribution is 0.0529. The SMILES string of the molecule is C[C@@H]1CN(c2ccc(-c3n[nH]c4cnc(N5[C@H](C)CNC[C@@H]5C)nc34)cn2)CCO1. The molecule has 0 amide bonds. The van der Waals surface area contributed by atoms with Crippen molar-refractivity contribution < 1.29 is 4.74 Å². The summed E-state index contributed by atoms with van der Waals surface area (Å²) < 4.78 is 5.63. The standard InChI is InChI=1S/C21H28N8O/c1-13-8-22-9-14(2)29(13)21-24-11-17-20(25-21)19(27-26-17)16-4-5-18(23-10-16)28-6-7-30-15(3)12-28/h4-5,10-11,13-15,22H,6-9,12H2,1-3H3,(H,26,27)/t13-,14+,15-/m1/s1. The molecular weight excluding hydrogens is 380 g/mol. The molecule has 2 N–H and O–H groups in total. The molecule has 5 rings (SSSR count). The van der Waals surface area contributed by atoms with E-state index in [1.807, 2.05) is 12.4 Å². The van der Waals surface area contributed by atoms with Crippen LogP contribution in [0.15, 0.2) is 24.5 Å². The molecular formula is C21H28N8O. The van der Waals surface area contributed by atoms with Crippen LogP contribution in [0, 0.1) is 0 Å². The largest absolute Gasteiger partial charge is 0.375 e. The van der Waals surface area contributed by atoms with E-state index >= 15 is 0 Å².